The first-order valence-corrected chi connectivity index (χ1v) is 7.97. The molecule has 116 valence electrons. The minimum atomic E-state index is -4.59. The van der Waals surface area contributed by atoms with Crippen molar-refractivity contribution in [1.82, 2.24) is 9.55 Å². The van der Waals surface area contributed by atoms with E-state index in [0.29, 0.717) is 12.8 Å². The van der Waals surface area contributed by atoms with Crippen molar-refractivity contribution in [1.29, 1.82) is 0 Å². The van der Waals surface area contributed by atoms with Crippen LogP contribution in [0.4, 0.5) is 0 Å². The summed E-state index contributed by atoms with van der Waals surface area (Å²) >= 11 is 0. The highest BCUT2D eigenvalue weighted by atomic mass is 31.2. The largest absolute Gasteiger partial charge is 0.469 e. The van der Waals surface area contributed by atoms with Crippen LogP contribution in [0.2, 0.25) is 0 Å². The van der Waals surface area contributed by atoms with Crippen LogP contribution < -0.4 is 11.2 Å². The lowest BCUT2D eigenvalue weighted by molar-refractivity contribution is 0.0673. The lowest BCUT2D eigenvalue weighted by atomic mass is 10.0. The summed E-state index contributed by atoms with van der Waals surface area (Å²) in [4.78, 5) is 42.6. The van der Waals surface area contributed by atoms with E-state index in [1.165, 1.54) is 16.8 Å². The summed E-state index contributed by atoms with van der Waals surface area (Å²) in [6, 6.07) is 1.23. The third-order valence-electron chi connectivity index (χ3n) is 4.42. The lowest BCUT2D eigenvalue weighted by Gasteiger charge is -2.18. The van der Waals surface area contributed by atoms with Gasteiger partial charge in [0.25, 0.3) is 5.56 Å². The number of hydrogen-bond donors (Lipinski definition) is 4. The smallest absolute Gasteiger partial charge is 0.393 e. The van der Waals surface area contributed by atoms with Crippen LogP contribution in [-0.2, 0) is 14.6 Å². The van der Waals surface area contributed by atoms with Crippen LogP contribution in [-0.4, -0.2) is 37.2 Å². The Balaban J connectivity index is 1.83. The minimum Gasteiger partial charge on any atom is -0.393 e. The number of fused-ring (bicyclic) bond motifs is 1. The summed E-state index contributed by atoms with van der Waals surface area (Å²) in [7, 11) is -4.59. The number of phosphoric acid groups is 1. The predicted octanol–water partition coefficient (Wildman–Crippen LogP) is -1.26. The maximum atomic E-state index is 11.9. The molecule has 0 aliphatic heterocycles. The Morgan fingerprint density at radius 3 is 2.76 bits per heavy atom. The second-order valence-corrected chi connectivity index (χ2v) is 6.86. The highest BCUT2D eigenvalue weighted by Gasteiger charge is 2.66. The molecule has 0 bridgehead atoms. The Kier molecular flexibility index (Phi) is 3.23. The van der Waals surface area contributed by atoms with E-state index < -0.39 is 36.6 Å². The maximum Gasteiger partial charge on any atom is 0.469 e. The van der Waals surface area contributed by atoms with E-state index in [2.05, 4.69) is 9.51 Å². The molecule has 3 rings (SSSR count). The summed E-state index contributed by atoms with van der Waals surface area (Å²) in [5.74, 6) is -0.556. The first-order chi connectivity index (χ1) is 9.73. The van der Waals surface area contributed by atoms with Gasteiger partial charge in [-0.1, -0.05) is 0 Å². The second-order valence-electron chi connectivity index (χ2n) is 5.62. The Labute approximate surface area is 118 Å². The van der Waals surface area contributed by atoms with Gasteiger partial charge in [-0.2, -0.15) is 0 Å². The van der Waals surface area contributed by atoms with Crippen molar-refractivity contribution in [3.05, 3.63) is 33.1 Å². The number of aromatic nitrogens is 2. The van der Waals surface area contributed by atoms with Gasteiger partial charge in [-0.3, -0.25) is 18.9 Å². The number of aliphatic hydroxyl groups excluding tert-OH is 1. The fourth-order valence-corrected chi connectivity index (χ4v) is 3.81. The highest BCUT2D eigenvalue weighted by molar-refractivity contribution is 7.46. The third kappa shape index (κ3) is 2.51. The van der Waals surface area contributed by atoms with Crippen LogP contribution in [0, 0.1) is 11.8 Å². The van der Waals surface area contributed by atoms with Crippen molar-refractivity contribution in [3.63, 3.8) is 0 Å². The molecule has 9 nitrogen and oxygen atoms in total. The zero-order chi connectivity index (χ0) is 15.4. The van der Waals surface area contributed by atoms with Gasteiger partial charge in [0.15, 0.2) is 0 Å². The van der Waals surface area contributed by atoms with Gasteiger partial charge in [-0.05, 0) is 18.8 Å². The summed E-state index contributed by atoms with van der Waals surface area (Å²) in [6.45, 7) is -0.268. The van der Waals surface area contributed by atoms with Crippen molar-refractivity contribution in [2.45, 2.75) is 24.5 Å². The number of H-pyrrole nitrogens is 1. The van der Waals surface area contributed by atoms with Crippen LogP contribution >= 0.6 is 7.82 Å². The quantitative estimate of drug-likeness (QED) is 0.508. The van der Waals surface area contributed by atoms with Crippen molar-refractivity contribution >= 4 is 7.82 Å². The van der Waals surface area contributed by atoms with Crippen molar-refractivity contribution in [2.75, 3.05) is 6.61 Å². The van der Waals surface area contributed by atoms with E-state index in [0.717, 1.165) is 0 Å². The summed E-state index contributed by atoms with van der Waals surface area (Å²) < 4.78 is 16.6. The molecular weight excluding hydrogens is 303 g/mol. The van der Waals surface area contributed by atoms with Gasteiger partial charge in [0.1, 0.15) is 0 Å². The van der Waals surface area contributed by atoms with Crippen LogP contribution in [0.15, 0.2) is 21.9 Å². The molecule has 1 heterocycles. The topological polar surface area (TPSA) is 142 Å². The summed E-state index contributed by atoms with van der Waals surface area (Å²) in [6.07, 6.45) is 1.47. The molecule has 21 heavy (non-hydrogen) atoms. The number of nitrogens with zero attached hydrogens (tertiary/aromatic N) is 1. The molecule has 0 radical (unpaired) electrons. The number of aromatic amines is 1. The van der Waals surface area contributed by atoms with Gasteiger partial charge < -0.3 is 14.9 Å². The van der Waals surface area contributed by atoms with Crippen LogP contribution in [0.1, 0.15) is 12.8 Å². The SMILES string of the molecule is O=c1ccn([C@]23C[C@H](O)[C@@H](COP(=O)(O)O)[C@@H]2C3)c(=O)[nH]1. The number of phosphoric ester groups is 1. The van der Waals surface area contributed by atoms with E-state index in [1.54, 1.807) is 0 Å². The lowest BCUT2D eigenvalue weighted by Crippen LogP contribution is -2.36. The molecule has 1 aromatic heterocycles. The average molecular weight is 318 g/mol. The molecule has 4 atom stereocenters. The first-order valence-electron chi connectivity index (χ1n) is 6.43. The Bertz CT molecular complexity index is 722. The second kappa shape index (κ2) is 4.62. The third-order valence-corrected chi connectivity index (χ3v) is 4.90. The molecule has 0 saturated heterocycles. The Morgan fingerprint density at radius 1 is 1.43 bits per heavy atom. The zero-order valence-corrected chi connectivity index (χ0v) is 11.8. The van der Waals surface area contributed by atoms with Gasteiger partial charge in [-0.15, -0.1) is 0 Å². The zero-order valence-electron chi connectivity index (χ0n) is 10.9. The van der Waals surface area contributed by atoms with E-state index in [-0.39, 0.29) is 12.5 Å². The molecule has 0 unspecified atom stereocenters. The highest BCUT2D eigenvalue weighted by Crippen LogP contribution is 2.63. The molecule has 0 amide bonds. The van der Waals surface area contributed by atoms with E-state index in [9.17, 15) is 19.3 Å². The van der Waals surface area contributed by atoms with Gasteiger partial charge in [0.05, 0.1) is 18.2 Å². The standard InChI is InChI=1S/C11H15N2O7P/c14-8-4-11(13-2-1-9(15)12-10(13)16)3-7(11)6(8)5-20-21(17,18)19/h1-2,6-8,14H,3-5H2,(H,12,15,16)(H2,17,18,19)/t6-,7-,8-,11+/m0/s1. The van der Waals surface area contributed by atoms with Gasteiger partial charge in [-0.25, -0.2) is 9.36 Å². The number of nitrogens with one attached hydrogen (secondary N) is 1. The monoisotopic (exact) mass is 318 g/mol. The molecule has 1 aromatic rings. The van der Waals surface area contributed by atoms with Gasteiger partial charge >= 0.3 is 13.5 Å². The molecule has 2 aliphatic rings. The Hall–Kier alpha value is -1.25. The molecule has 10 heteroatoms. The van der Waals surface area contributed by atoms with E-state index in [1.807, 2.05) is 0 Å². The molecule has 2 fully saturated rings. The molecule has 0 aromatic carbocycles. The molecule has 0 spiro atoms. The van der Waals surface area contributed by atoms with Gasteiger partial charge in [0, 0.05) is 18.2 Å². The molecule has 2 saturated carbocycles. The Morgan fingerprint density at radius 2 is 2.14 bits per heavy atom. The fourth-order valence-electron chi connectivity index (χ4n) is 3.44. The van der Waals surface area contributed by atoms with Crippen LogP contribution in [0.5, 0.6) is 0 Å². The number of rotatable bonds is 4. The van der Waals surface area contributed by atoms with E-state index >= 15 is 0 Å². The van der Waals surface area contributed by atoms with Crippen LogP contribution in [0.25, 0.3) is 0 Å². The maximum absolute atomic E-state index is 11.9. The van der Waals surface area contributed by atoms with Crippen LogP contribution in [0.3, 0.4) is 0 Å². The molecule has 4 N–H and O–H groups in total. The molecular formula is C11H15N2O7P. The van der Waals surface area contributed by atoms with Crippen molar-refractivity contribution in [2.24, 2.45) is 11.8 Å². The fraction of sp³-hybridized carbons (Fsp3) is 0.636. The molecule has 2 aliphatic carbocycles. The van der Waals surface area contributed by atoms with Crippen molar-refractivity contribution < 1.29 is 24.0 Å². The van der Waals surface area contributed by atoms with Gasteiger partial charge in [0.2, 0.25) is 0 Å². The first kappa shape index (κ1) is 14.7. The predicted molar refractivity (Wildman–Crippen MR) is 69.5 cm³/mol. The van der Waals surface area contributed by atoms with E-state index in [4.69, 9.17) is 9.79 Å². The average Bonchev–Trinajstić information content (AvgIpc) is 2.95. The summed E-state index contributed by atoms with van der Waals surface area (Å²) in [5, 5.41) is 10.0. The number of hydrogen-bond acceptors (Lipinski definition) is 5. The minimum absolute atomic E-state index is 0.109. The normalized spacial score (nSPS) is 34.7. The summed E-state index contributed by atoms with van der Waals surface area (Å²) in [5.41, 5.74) is -1.64. The number of aliphatic hydroxyl groups is 1. The van der Waals surface area contributed by atoms with Crippen molar-refractivity contribution in [3.8, 4) is 0 Å².